The second kappa shape index (κ2) is 4.75. The van der Waals surface area contributed by atoms with Gasteiger partial charge in [-0.05, 0) is 12.5 Å². The van der Waals surface area contributed by atoms with Crippen molar-refractivity contribution in [2.45, 2.75) is 25.6 Å². The summed E-state index contributed by atoms with van der Waals surface area (Å²) in [5, 5.41) is 16.1. The van der Waals surface area contributed by atoms with Crippen LogP contribution in [0.1, 0.15) is 11.1 Å². The molecule has 2 atom stereocenters. The Balaban J connectivity index is 1.85. The molecule has 0 aliphatic carbocycles. The largest absolute Gasteiger partial charge is 0.390 e. The molecular formula is C12H18N2O. The van der Waals surface area contributed by atoms with Gasteiger partial charge in [-0.3, -0.25) is 0 Å². The van der Waals surface area contributed by atoms with Crippen LogP contribution in [-0.4, -0.2) is 30.3 Å². The molecule has 1 saturated heterocycles. The van der Waals surface area contributed by atoms with Gasteiger partial charge in [-0.2, -0.15) is 0 Å². The topological polar surface area (TPSA) is 44.3 Å². The van der Waals surface area contributed by atoms with Crippen molar-refractivity contribution in [1.82, 2.24) is 10.6 Å². The van der Waals surface area contributed by atoms with E-state index < -0.39 is 0 Å². The average Bonchev–Trinajstić information content (AvgIpc) is 2.63. The molecule has 1 heterocycles. The van der Waals surface area contributed by atoms with Gasteiger partial charge in [0.25, 0.3) is 0 Å². The summed E-state index contributed by atoms with van der Waals surface area (Å²) in [4.78, 5) is 0. The Morgan fingerprint density at radius 1 is 1.33 bits per heavy atom. The normalized spacial score (nSPS) is 25.7. The van der Waals surface area contributed by atoms with Crippen molar-refractivity contribution in [3.8, 4) is 0 Å². The van der Waals surface area contributed by atoms with Gasteiger partial charge in [-0.1, -0.05) is 29.8 Å². The predicted octanol–water partition coefficient (Wildman–Crippen LogP) is 0.417. The number of aliphatic hydroxyl groups excluding tert-OH is 1. The summed E-state index contributed by atoms with van der Waals surface area (Å²) in [5.41, 5.74) is 2.54. The predicted molar refractivity (Wildman–Crippen MR) is 60.7 cm³/mol. The molecule has 0 bridgehead atoms. The van der Waals surface area contributed by atoms with Gasteiger partial charge in [0.1, 0.15) is 0 Å². The molecule has 15 heavy (non-hydrogen) atoms. The van der Waals surface area contributed by atoms with Crippen molar-refractivity contribution < 1.29 is 5.11 Å². The molecule has 0 amide bonds. The highest BCUT2D eigenvalue weighted by atomic mass is 16.3. The lowest BCUT2D eigenvalue weighted by atomic mass is 10.1. The van der Waals surface area contributed by atoms with E-state index in [2.05, 4.69) is 41.8 Å². The number of nitrogens with one attached hydrogen (secondary N) is 2. The zero-order valence-electron chi connectivity index (χ0n) is 9.03. The zero-order chi connectivity index (χ0) is 10.7. The van der Waals surface area contributed by atoms with Crippen LogP contribution >= 0.6 is 0 Å². The van der Waals surface area contributed by atoms with E-state index in [0.717, 1.165) is 13.1 Å². The highest BCUT2D eigenvalue weighted by molar-refractivity contribution is 5.21. The van der Waals surface area contributed by atoms with Gasteiger partial charge in [0, 0.05) is 25.7 Å². The van der Waals surface area contributed by atoms with Crippen molar-refractivity contribution in [3.63, 3.8) is 0 Å². The minimum absolute atomic E-state index is 0.186. The second-order valence-electron chi connectivity index (χ2n) is 4.20. The molecule has 82 valence electrons. The Hall–Kier alpha value is -0.900. The summed E-state index contributed by atoms with van der Waals surface area (Å²) < 4.78 is 0. The molecule has 2 rings (SSSR count). The SMILES string of the molecule is Cc1ccc(CN[C@@H]2CNC[C@H]2O)cc1. The molecule has 0 spiro atoms. The van der Waals surface area contributed by atoms with Crippen LogP contribution in [0.3, 0.4) is 0 Å². The lowest BCUT2D eigenvalue weighted by Crippen LogP contribution is -2.38. The molecule has 3 N–H and O–H groups in total. The Morgan fingerprint density at radius 3 is 2.67 bits per heavy atom. The van der Waals surface area contributed by atoms with Gasteiger partial charge >= 0.3 is 0 Å². The number of aryl methyl sites for hydroxylation is 1. The Morgan fingerprint density at radius 2 is 2.07 bits per heavy atom. The maximum absolute atomic E-state index is 9.59. The molecule has 1 aromatic rings. The van der Waals surface area contributed by atoms with Crippen LogP contribution in [0, 0.1) is 6.92 Å². The zero-order valence-corrected chi connectivity index (χ0v) is 9.03. The van der Waals surface area contributed by atoms with Crippen molar-refractivity contribution in [2.75, 3.05) is 13.1 Å². The van der Waals surface area contributed by atoms with Gasteiger partial charge in [0.05, 0.1) is 6.10 Å². The van der Waals surface area contributed by atoms with Crippen LogP contribution in [0.25, 0.3) is 0 Å². The van der Waals surface area contributed by atoms with E-state index in [-0.39, 0.29) is 12.1 Å². The molecule has 3 nitrogen and oxygen atoms in total. The van der Waals surface area contributed by atoms with Crippen molar-refractivity contribution in [1.29, 1.82) is 0 Å². The summed E-state index contributed by atoms with van der Waals surface area (Å²) in [5.74, 6) is 0. The van der Waals surface area contributed by atoms with E-state index >= 15 is 0 Å². The monoisotopic (exact) mass is 206 g/mol. The lowest BCUT2D eigenvalue weighted by Gasteiger charge is -2.15. The first-order valence-corrected chi connectivity index (χ1v) is 5.43. The summed E-state index contributed by atoms with van der Waals surface area (Å²) in [7, 11) is 0. The molecular weight excluding hydrogens is 188 g/mol. The minimum Gasteiger partial charge on any atom is -0.390 e. The first-order valence-electron chi connectivity index (χ1n) is 5.43. The van der Waals surface area contributed by atoms with Crippen LogP contribution in [0.15, 0.2) is 24.3 Å². The van der Waals surface area contributed by atoms with Gasteiger partial charge in [0.2, 0.25) is 0 Å². The Bertz CT molecular complexity index is 310. The number of rotatable bonds is 3. The molecule has 0 saturated carbocycles. The van der Waals surface area contributed by atoms with Gasteiger partial charge < -0.3 is 15.7 Å². The van der Waals surface area contributed by atoms with E-state index in [1.165, 1.54) is 11.1 Å². The number of aliphatic hydroxyl groups is 1. The number of β-amino-alcohol motifs (C(OH)–C–C–N with tert-alkyl or cyclic N) is 1. The maximum Gasteiger partial charge on any atom is 0.0829 e. The molecule has 0 aromatic heterocycles. The third kappa shape index (κ3) is 2.78. The number of hydrogen-bond acceptors (Lipinski definition) is 3. The van der Waals surface area contributed by atoms with Crippen LogP contribution in [0.4, 0.5) is 0 Å². The minimum atomic E-state index is -0.254. The molecule has 1 aliphatic rings. The maximum atomic E-state index is 9.59. The highest BCUT2D eigenvalue weighted by Gasteiger charge is 2.23. The fourth-order valence-electron chi connectivity index (χ4n) is 1.83. The van der Waals surface area contributed by atoms with Gasteiger partial charge in [-0.15, -0.1) is 0 Å². The van der Waals surface area contributed by atoms with Crippen LogP contribution in [-0.2, 0) is 6.54 Å². The quantitative estimate of drug-likeness (QED) is 0.671. The fourth-order valence-corrected chi connectivity index (χ4v) is 1.83. The van der Waals surface area contributed by atoms with Crippen LogP contribution < -0.4 is 10.6 Å². The summed E-state index contributed by atoms with van der Waals surface area (Å²) in [6.07, 6.45) is -0.254. The Labute approximate surface area is 90.5 Å². The smallest absolute Gasteiger partial charge is 0.0829 e. The van der Waals surface area contributed by atoms with Crippen LogP contribution in [0.2, 0.25) is 0 Å². The van der Waals surface area contributed by atoms with E-state index in [1.54, 1.807) is 0 Å². The molecule has 1 aliphatic heterocycles. The average molecular weight is 206 g/mol. The molecule has 0 radical (unpaired) electrons. The fraction of sp³-hybridized carbons (Fsp3) is 0.500. The second-order valence-corrected chi connectivity index (χ2v) is 4.20. The van der Waals surface area contributed by atoms with E-state index in [9.17, 15) is 5.11 Å². The summed E-state index contributed by atoms with van der Waals surface area (Å²) in [6, 6.07) is 8.65. The number of hydrogen-bond donors (Lipinski definition) is 3. The molecule has 1 aromatic carbocycles. The third-order valence-electron chi connectivity index (χ3n) is 2.87. The summed E-state index contributed by atoms with van der Waals surface area (Å²) in [6.45, 7) is 4.46. The van der Waals surface area contributed by atoms with Gasteiger partial charge in [-0.25, -0.2) is 0 Å². The number of benzene rings is 1. The Kier molecular flexibility index (Phi) is 3.36. The van der Waals surface area contributed by atoms with Crippen molar-refractivity contribution >= 4 is 0 Å². The lowest BCUT2D eigenvalue weighted by molar-refractivity contribution is 0.162. The molecule has 1 fully saturated rings. The first-order chi connectivity index (χ1) is 7.25. The van der Waals surface area contributed by atoms with E-state index in [1.807, 2.05) is 0 Å². The van der Waals surface area contributed by atoms with Gasteiger partial charge in [0.15, 0.2) is 0 Å². The van der Waals surface area contributed by atoms with E-state index in [4.69, 9.17) is 0 Å². The molecule has 0 unspecified atom stereocenters. The summed E-state index contributed by atoms with van der Waals surface area (Å²) >= 11 is 0. The van der Waals surface area contributed by atoms with Crippen LogP contribution in [0.5, 0.6) is 0 Å². The standard InChI is InChI=1S/C12H18N2O/c1-9-2-4-10(5-3-9)6-14-11-7-13-8-12(11)15/h2-5,11-15H,6-8H2,1H3/t11-,12-/m1/s1. The van der Waals surface area contributed by atoms with E-state index in [0.29, 0.717) is 6.54 Å². The van der Waals surface area contributed by atoms with Crippen molar-refractivity contribution in [2.24, 2.45) is 0 Å². The highest BCUT2D eigenvalue weighted by Crippen LogP contribution is 2.05. The van der Waals surface area contributed by atoms with Crippen molar-refractivity contribution in [3.05, 3.63) is 35.4 Å². The molecule has 3 heteroatoms. The third-order valence-corrected chi connectivity index (χ3v) is 2.87. The first kappa shape index (κ1) is 10.6.